The van der Waals surface area contributed by atoms with E-state index in [0.29, 0.717) is 18.7 Å². The van der Waals surface area contributed by atoms with Gasteiger partial charge in [-0.05, 0) is 19.1 Å². The molecule has 1 unspecified atom stereocenters. The average Bonchev–Trinajstić information content (AvgIpc) is 2.39. The van der Waals surface area contributed by atoms with E-state index in [1.807, 2.05) is 13.0 Å². The van der Waals surface area contributed by atoms with Crippen LogP contribution in [0.3, 0.4) is 0 Å². The summed E-state index contributed by atoms with van der Waals surface area (Å²) in [7, 11) is 0. The summed E-state index contributed by atoms with van der Waals surface area (Å²) in [6.45, 7) is 3.55. The molecule has 0 radical (unpaired) electrons. The summed E-state index contributed by atoms with van der Waals surface area (Å²) in [5.74, 6) is -0.786. The van der Waals surface area contributed by atoms with E-state index < -0.39 is 17.9 Å². The number of imide groups is 1. The zero-order chi connectivity index (χ0) is 13.0. The first-order chi connectivity index (χ1) is 8.66. The lowest BCUT2D eigenvalue weighted by atomic mass is 10.1. The van der Waals surface area contributed by atoms with E-state index in [1.54, 1.807) is 18.2 Å². The fourth-order valence-electron chi connectivity index (χ4n) is 1.78. The highest BCUT2D eigenvalue weighted by Crippen LogP contribution is 2.04. The molecule has 2 N–H and O–H groups in total. The number of amides is 2. The van der Waals surface area contributed by atoms with Gasteiger partial charge in [0.15, 0.2) is 0 Å². The van der Waals surface area contributed by atoms with Crippen molar-refractivity contribution in [1.29, 1.82) is 0 Å². The minimum Gasteiger partial charge on any atom is -0.366 e. The van der Waals surface area contributed by atoms with Crippen LogP contribution in [0.5, 0.6) is 0 Å². The van der Waals surface area contributed by atoms with Crippen molar-refractivity contribution in [1.82, 2.24) is 10.6 Å². The van der Waals surface area contributed by atoms with Crippen molar-refractivity contribution >= 4 is 11.8 Å². The number of hydrogen-bond donors (Lipinski definition) is 2. The molecule has 2 rings (SSSR count). The van der Waals surface area contributed by atoms with Crippen molar-refractivity contribution < 1.29 is 14.3 Å². The SMILES string of the molecule is Cc1cccc(C(=O)NC(=O)C2CNCCO2)c1. The van der Waals surface area contributed by atoms with E-state index in [-0.39, 0.29) is 0 Å². The number of hydrogen-bond acceptors (Lipinski definition) is 4. The molecule has 0 aliphatic carbocycles. The summed E-state index contributed by atoms with van der Waals surface area (Å²) in [4.78, 5) is 23.6. The number of aryl methyl sites for hydroxylation is 1. The number of carbonyl (C=O) groups excluding carboxylic acids is 2. The van der Waals surface area contributed by atoms with E-state index in [4.69, 9.17) is 4.74 Å². The molecule has 5 nitrogen and oxygen atoms in total. The van der Waals surface area contributed by atoms with Crippen LogP contribution in [-0.4, -0.2) is 37.6 Å². The maximum atomic E-state index is 11.8. The Hall–Kier alpha value is -1.72. The van der Waals surface area contributed by atoms with E-state index in [1.165, 1.54) is 0 Å². The Morgan fingerprint density at radius 3 is 2.94 bits per heavy atom. The van der Waals surface area contributed by atoms with Crippen LogP contribution >= 0.6 is 0 Å². The molecule has 1 fully saturated rings. The summed E-state index contributed by atoms with van der Waals surface area (Å²) in [5.41, 5.74) is 1.46. The normalized spacial score (nSPS) is 19.3. The summed E-state index contributed by atoms with van der Waals surface area (Å²) in [6.07, 6.45) is -0.590. The highest BCUT2D eigenvalue weighted by Gasteiger charge is 2.23. The molecule has 0 spiro atoms. The number of morpholine rings is 1. The van der Waals surface area contributed by atoms with Gasteiger partial charge in [0.25, 0.3) is 11.8 Å². The zero-order valence-corrected chi connectivity index (χ0v) is 10.2. The maximum absolute atomic E-state index is 11.8. The molecule has 1 aliphatic rings. The third-order valence-corrected chi connectivity index (χ3v) is 2.74. The van der Waals surface area contributed by atoms with Gasteiger partial charge >= 0.3 is 0 Å². The van der Waals surface area contributed by atoms with Crippen LogP contribution in [-0.2, 0) is 9.53 Å². The lowest BCUT2D eigenvalue weighted by molar-refractivity contribution is -0.133. The number of rotatable bonds is 2. The van der Waals surface area contributed by atoms with E-state index in [2.05, 4.69) is 10.6 Å². The van der Waals surface area contributed by atoms with Crippen LogP contribution in [0.4, 0.5) is 0 Å². The maximum Gasteiger partial charge on any atom is 0.257 e. The Kier molecular flexibility index (Phi) is 4.07. The fourth-order valence-corrected chi connectivity index (χ4v) is 1.78. The van der Waals surface area contributed by atoms with Gasteiger partial charge in [0.05, 0.1) is 6.61 Å². The van der Waals surface area contributed by atoms with E-state index in [0.717, 1.165) is 12.1 Å². The third-order valence-electron chi connectivity index (χ3n) is 2.74. The first-order valence-electron chi connectivity index (χ1n) is 5.91. The Balaban J connectivity index is 1.96. The minimum absolute atomic E-state index is 0.391. The molecule has 2 amide bonds. The number of ether oxygens (including phenoxy) is 1. The van der Waals surface area contributed by atoms with Gasteiger partial charge in [-0.15, -0.1) is 0 Å². The van der Waals surface area contributed by atoms with Crippen molar-refractivity contribution in [3.8, 4) is 0 Å². The Labute approximate surface area is 106 Å². The van der Waals surface area contributed by atoms with Gasteiger partial charge in [-0.2, -0.15) is 0 Å². The molecule has 0 bridgehead atoms. The number of carbonyl (C=O) groups is 2. The molecular formula is C13H16N2O3. The molecule has 1 saturated heterocycles. The van der Waals surface area contributed by atoms with Crippen LogP contribution in [0, 0.1) is 6.92 Å². The van der Waals surface area contributed by atoms with Crippen LogP contribution in [0.2, 0.25) is 0 Å². The minimum atomic E-state index is -0.590. The molecule has 96 valence electrons. The second kappa shape index (κ2) is 5.75. The van der Waals surface area contributed by atoms with Gasteiger partial charge < -0.3 is 10.1 Å². The molecule has 1 aliphatic heterocycles. The number of nitrogens with one attached hydrogen (secondary N) is 2. The van der Waals surface area contributed by atoms with Gasteiger partial charge in [-0.3, -0.25) is 14.9 Å². The lowest BCUT2D eigenvalue weighted by Gasteiger charge is -2.22. The molecule has 1 heterocycles. The molecule has 1 aromatic rings. The second-order valence-electron chi connectivity index (χ2n) is 4.25. The molecule has 0 saturated carbocycles. The zero-order valence-electron chi connectivity index (χ0n) is 10.2. The van der Waals surface area contributed by atoms with Crippen LogP contribution < -0.4 is 10.6 Å². The Morgan fingerprint density at radius 1 is 1.44 bits per heavy atom. The van der Waals surface area contributed by atoms with E-state index in [9.17, 15) is 9.59 Å². The fraction of sp³-hybridized carbons (Fsp3) is 0.385. The van der Waals surface area contributed by atoms with Gasteiger partial charge in [-0.1, -0.05) is 17.7 Å². The van der Waals surface area contributed by atoms with Crippen LogP contribution in [0.15, 0.2) is 24.3 Å². The molecule has 5 heteroatoms. The highest BCUT2D eigenvalue weighted by atomic mass is 16.5. The van der Waals surface area contributed by atoms with Gasteiger partial charge in [0, 0.05) is 18.7 Å². The molecule has 1 aromatic carbocycles. The Morgan fingerprint density at radius 2 is 2.28 bits per heavy atom. The number of benzene rings is 1. The van der Waals surface area contributed by atoms with Gasteiger partial charge in [0.1, 0.15) is 6.10 Å². The van der Waals surface area contributed by atoms with E-state index >= 15 is 0 Å². The van der Waals surface area contributed by atoms with Crippen molar-refractivity contribution in [3.63, 3.8) is 0 Å². The first-order valence-corrected chi connectivity index (χ1v) is 5.91. The van der Waals surface area contributed by atoms with Crippen molar-refractivity contribution in [2.24, 2.45) is 0 Å². The quantitative estimate of drug-likeness (QED) is 0.736. The van der Waals surface area contributed by atoms with Crippen molar-refractivity contribution in [2.45, 2.75) is 13.0 Å². The topological polar surface area (TPSA) is 67.4 Å². The van der Waals surface area contributed by atoms with Crippen LogP contribution in [0.25, 0.3) is 0 Å². The largest absolute Gasteiger partial charge is 0.366 e. The standard InChI is InChI=1S/C13H16N2O3/c1-9-3-2-4-10(7-9)12(16)15-13(17)11-8-14-5-6-18-11/h2-4,7,11,14H,5-6,8H2,1H3,(H,15,16,17). The monoisotopic (exact) mass is 248 g/mol. The average molecular weight is 248 g/mol. The molecule has 0 aromatic heterocycles. The smallest absolute Gasteiger partial charge is 0.257 e. The summed E-state index contributed by atoms with van der Waals surface area (Å²) < 4.78 is 5.27. The van der Waals surface area contributed by atoms with Crippen molar-refractivity contribution in [3.05, 3.63) is 35.4 Å². The molecule has 1 atom stereocenters. The van der Waals surface area contributed by atoms with Gasteiger partial charge in [0.2, 0.25) is 0 Å². The van der Waals surface area contributed by atoms with Gasteiger partial charge in [-0.25, -0.2) is 0 Å². The second-order valence-corrected chi connectivity index (χ2v) is 4.25. The predicted molar refractivity (Wildman–Crippen MR) is 66.3 cm³/mol. The van der Waals surface area contributed by atoms with Crippen molar-refractivity contribution in [2.75, 3.05) is 19.7 Å². The summed E-state index contributed by atoms with van der Waals surface area (Å²) >= 11 is 0. The first kappa shape index (κ1) is 12.7. The predicted octanol–water partition coefficient (Wildman–Crippen LogP) is 0.240. The third kappa shape index (κ3) is 3.15. The van der Waals surface area contributed by atoms with Crippen LogP contribution in [0.1, 0.15) is 15.9 Å². The highest BCUT2D eigenvalue weighted by molar-refractivity contribution is 6.06. The summed E-state index contributed by atoms with van der Waals surface area (Å²) in [6, 6.07) is 7.10. The molecular weight excluding hydrogens is 232 g/mol. The summed E-state index contributed by atoms with van der Waals surface area (Å²) in [5, 5.41) is 5.39. The Bertz CT molecular complexity index is 453. The molecule has 18 heavy (non-hydrogen) atoms. The lowest BCUT2D eigenvalue weighted by Crippen LogP contribution is -2.49.